The fraction of sp³-hybridized carbons (Fsp3) is 0.364. The predicted octanol–water partition coefficient (Wildman–Crippen LogP) is 2.71. The van der Waals surface area contributed by atoms with E-state index >= 15 is 0 Å². The summed E-state index contributed by atoms with van der Waals surface area (Å²) in [5.74, 6) is 0.185. The van der Waals surface area contributed by atoms with Crippen molar-refractivity contribution in [1.82, 2.24) is 9.80 Å². The summed E-state index contributed by atoms with van der Waals surface area (Å²) < 4.78 is 0. The number of rotatable bonds is 6. The monoisotopic (exact) mass is 365 g/mol. The molecule has 0 atom stereocenters. The first kappa shape index (κ1) is 19.1. The third-order valence-corrected chi connectivity index (χ3v) is 4.90. The number of benzene rings is 2. The van der Waals surface area contributed by atoms with Crippen molar-refractivity contribution in [2.45, 2.75) is 19.8 Å². The van der Waals surface area contributed by atoms with Crippen LogP contribution in [-0.4, -0.2) is 54.3 Å². The Kier molecular flexibility index (Phi) is 6.60. The number of hydrogen-bond acceptors (Lipinski definition) is 3. The molecule has 1 saturated heterocycles. The minimum atomic E-state index is -0.0136. The SMILES string of the molecule is Cc1ccc(CCC(=O)N2CCN(CC(=O)Nc3ccccc3)CC2)cc1. The van der Waals surface area contributed by atoms with E-state index in [1.54, 1.807) is 0 Å². The number of piperazine rings is 1. The van der Waals surface area contributed by atoms with Crippen molar-refractivity contribution in [2.75, 3.05) is 38.0 Å². The topological polar surface area (TPSA) is 52.7 Å². The van der Waals surface area contributed by atoms with E-state index in [2.05, 4.69) is 41.4 Å². The molecule has 2 aromatic carbocycles. The Bertz CT molecular complexity index is 751. The first-order valence-electron chi connectivity index (χ1n) is 9.51. The van der Waals surface area contributed by atoms with Crippen LogP contribution >= 0.6 is 0 Å². The van der Waals surface area contributed by atoms with Gasteiger partial charge in [0.15, 0.2) is 0 Å². The number of carbonyl (C=O) groups is 2. The van der Waals surface area contributed by atoms with Crippen LogP contribution in [0.1, 0.15) is 17.5 Å². The average Bonchev–Trinajstić information content (AvgIpc) is 2.68. The molecule has 27 heavy (non-hydrogen) atoms. The lowest BCUT2D eigenvalue weighted by molar-refractivity contribution is -0.133. The molecule has 1 fully saturated rings. The van der Waals surface area contributed by atoms with Crippen molar-refractivity contribution in [2.24, 2.45) is 0 Å². The van der Waals surface area contributed by atoms with Gasteiger partial charge in [0.2, 0.25) is 11.8 Å². The highest BCUT2D eigenvalue weighted by molar-refractivity contribution is 5.92. The number of carbonyl (C=O) groups excluding carboxylic acids is 2. The largest absolute Gasteiger partial charge is 0.340 e. The second-order valence-electron chi connectivity index (χ2n) is 7.06. The molecule has 0 radical (unpaired) electrons. The Morgan fingerprint density at radius 2 is 1.59 bits per heavy atom. The summed E-state index contributed by atoms with van der Waals surface area (Å²) in [5, 5.41) is 2.90. The Morgan fingerprint density at radius 3 is 2.26 bits per heavy atom. The van der Waals surface area contributed by atoms with E-state index in [1.807, 2.05) is 35.2 Å². The van der Waals surface area contributed by atoms with E-state index in [1.165, 1.54) is 11.1 Å². The van der Waals surface area contributed by atoms with E-state index < -0.39 is 0 Å². The second kappa shape index (κ2) is 9.33. The zero-order valence-corrected chi connectivity index (χ0v) is 15.9. The van der Waals surface area contributed by atoms with Crippen molar-refractivity contribution >= 4 is 17.5 Å². The quantitative estimate of drug-likeness (QED) is 0.856. The summed E-state index contributed by atoms with van der Waals surface area (Å²) in [7, 11) is 0. The number of aryl methyl sites for hydroxylation is 2. The zero-order valence-electron chi connectivity index (χ0n) is 15.9. The van der Waals surface area contributed by atoms with Gasteiger partial charge in [0, 0.05) is 38.3 Å². The van der Waals surface area contributed by atoms with Crippen molar-refractivity contribution in [3.8, 4) is 0 Å². The Labute approximate surface area is 161 Å². The van der Waals surface area contributed by atoms with Crippen molar-refractivity contribution in [3.05, 3.63) is 65.7 Å². The first-order chi connectivity index (χ1) is 13.1. The molecule has 0 spiro atoms. The van der Waals surface area contributed by atoms with Gasteiger partial charge in [-0.25, -0.2) is 0 Å². The molecule has 5 heteroatoms. The van der Waals surface area contributed by atoms with Crippen LogP contribution in [0.5, 0.6) is 0 Å². The molecule has 1 heterocycles. The molecule has 3 rings (SSSR count). The maximum Gasteiger partial charge on any atom is 0.238 e. The van der Waals surface area contributed by atoms with Crippen molar-refractivity contribution in [3.63, 3.8) is 0 Å². The lowest BCUT2D eigenvalue weighted by atomic mass is 10.1. The number of anilines is 1. The Hall–Kier alpha value is -2.66. The molecule has 0 bridgehead atoms. The van der Waals surface area contributed by atoms with Crippen molar-refractivity contribution in [1.29, 1.82) is 0 Å². The van der Waals surface area contributed by atoms with Gasteiger partial charge in [0.1, 0.15) is 0 Å². The highest BCUT2D eigenvalue weighted by Gasteiger charge is 2.22. The fourth-order valence-corrected chi connectivity index (χ4v) is 3.24. The molecule has 1 aliphatic heterocycles. The standard InChI is InChI=1S/C22H27N3O2/c1-18-7-9-19(10-8-18)11-12-22(27)25-15-13-24(14-16-25)17-21(26)23-20-5-3-2-4-6-20/h2-10H,11-17H2,1H3,(H,23,26). The lowest BCUT2D eigenvalue weighted by Crippen LogP contribution is -2.50. The molecule has 0 aliphatic carbocycles. The Morgan fingerprint density at radius 1 is 0.926 bits per heavy atom. The van der Waals surface area contributed by atoms with Gasteiger partial charge in [-0.1, -0.05) is 48.0 Å². The molecule has 1 aliphatic rings. The van der Waals surface area contributed by atoms with Gasteiger partial charge in [0.05, 0.1) is 6.54 Å². The van der Waals surface area contributed by atoms with E-state index in [0.29, 0.717) is 26.1 Å². The van der Waals surface area contributed by atoms with Gasteiger partial charge in [0.25, 0.3) is 0 Å². The summed E-state index contributed by atoms with van der Waals surface area (Å²) >= 11 is 0. The number of para-hydroxylation sites is 1. The minimum absolute atomic E-state index is 0.0136. The van der Waals surface area contributed by atoms with Crippen LogP contribution in [0.4, 0.5) is 5.69 Å². The predicted molar refractivity (Wildman–Crippen MR) is 108 cm³/mol. The van der Waals surface area contributed by atoms with Gasteiger partial charge in [-0.3, -0.25) is 14.5 Å². The van der Waals surface area contributed by atoms with Crippen LogP contribution in [0.3, 0.4) is 0 Å². The van der Waals surface area contributed by atoms with Gasteiger partial charge >= 0.3 is 0 Å². The third kappa shape index (κ3) is 5.93. The molecule has 0 unspecified atom stereocenters. The van der Waals surface area contributed by atoms with E-state index in [9.17, 15) is 9.59 Å². The first-order valence-corrected chi connectivity index (χ1v) is 9.51. The lowest BCUT2D eigenvalue weighted by Gasteiger charge is -2.34. The van der Waals surface area contributed by atoms with Crippen LogP contribution in [-0.2, 0) is 16.0 Å². The molecule has 5 nitrogen and oxygen atoms in total. The molecular weight excluding hydrogens is 338 g/mol. The number of nitrogens with zero attached hydrogens (tertiary/aromatic N) is 2. The maximum absolute atomic E-state index is 12.4. The number of nitrogens with one attached hydrogen (secondary N) is 1. The summed E-state index contributed by atoms with van der Waals surface area (Å²) in [6.07, 6.45) is 1.32. The van der Waals surface area contributed by atoms with Gasteiger partial charge in [-0.2, -0.15) is 0 Å². The summed E-state index contributed by atoms with van der Waals surface area (Å²) in [5.41, 5.74) is 3.25. The van der Waals surface area contributed by atoms with E-state index in [0.717, 1.165) is 25.2 Å². The summed E-state index contributed by atoms with van der Waals surface area (Å²) in [4.78, 5) is 28.6. The molecular formula is C22H27N3O2. The van der Waals surface area contributed by atoms with Gasteiger partial charge in [-0.15, -0.1) is 0 Å². The highest BCUT2D eigenvalue weighted by atomic mass is 16.2. The summed E-state index contributed by atoms with van der Waals surface area (Å²) in [6, 6.07) is 17.8. The summed E-state index contributed by atoms with van der Waals surface area (Å²) in [6.45, 7) is 5.27. The van der Waals surface area contributed by atoms with E-state index in [-0.39, 0.29) is 11.8 Å². The number of amides is 2. The van der Waals surface area contributed by atoms with Crippen molar-refractivity contribution < 1.29 is 9.59 Å². The molecule has 2 aromatic rings. The average molecular weight is 365 g/mol. The maximum atomic E-state index is 12.4. The van der Waals surface area contributed by atoms with Crippen LogP contribution in [0.25, 0.3) is 0 Å². The minimum Gasteiger partial charge on any atom is -0.340 e. The molecule has 0 saturated carbocycles. The highest BCUT2D eigenvalue weighted by Crippen LogP contribution is 2.10. The van der Waals surface area contributed by atoms with Crippen LogP contribution in [0.2, 0.25) is 0 Å². The third-order valence-electron chi connectivity index (χ3n) is 4.90. The molecule has 1 N–H and O–H groups in total. The van der Waals surface area contributed by atoms with Gasteiger partial charge in [-0.05, 0) is 31.0 Å². The Balaban J connectivity index is 1.38. The molecule has 2 amide bonds. The van der Waals surface area contributed by atoms with Gasteiger partial charge < -0.3 is 10.2 Å². The van der Waals surface area contributed by atoms with Crippen LogP contribution < -0.4 is 5.32 Å². The number of hydrogen-bond donors (Lipinski definition) is 1. The van der Waals surface area contributed by atoms with E-state index in [4.69, 9.17) is 0 Å². The zero-order chi connectivity index (χ0) is 19.1. The second-order valence-corrected chi connectivity index (χ2v) is 7.06. The smallest absolute Gasteiger partial charge is 0.238 e. The fourth-order valence-electron chi connectivity index (χ4n) is 3.24. The van der Waals surface area contributed by atoms with Crippen LogP contribution in [0.15, 0.2) is 54.6 Å². The van der Waals surface area contributed by atoms with Crippen LogP contribution in [0, 0.1) is 6.92 Å². The normalized spacial score (nSPS) is 14.8. The molecule has 142 valence electrons. The molecule has 0 aromatic heterocycles.